The molecule has 0 saturated carbocycles. The van der Waals surface area contributed by atoms with Crippen LogP contribution in [-0.4, -0.2) is 34.7 Å². The number of carbonyl (C=O) groups is 3. The van der Waals surface area contributed by atoms with Gasteiger partial charge < -0.3 is 20.1 Å². The molecule has 0 aliphatic heterocycles. The van der Waals surface area contributed by atoms with E-state index in [4.69, 9.17) is 4.74 Å². The number of anilines is 1. The summed E-state index contributed by atoms with van der Waals surface area (Å²) in [6.45, 7) is 0. The lowest BCUT2D eigenvalue weighted by Gasteiger charge is -2.18. The number of phenols is 1. The van der Waals surface area contributed by atoms with E-state index in [0.29, 0.717) is 33.3 Å². The van der Waals surface area contributed by atoms with Gasteiger partial charge in [0.25, 0.3) is 5.91 Å². The van der Waals surface area contributed by atoms with Crippen LogP contribution in [0.1, 0.15) is 42.2 Å². The Bertz CT molecular complexity index is 2500. The topological polar surface area (TPSA) is 133 Å². The number of aromatic nitrogens is 1. The molecular formula is C38H24N4O5. The maximum atomic E-state index is 13.6. The molecule has 0 radical (unpaired) electrons. The average molecular weight is 617 g/mol. The Kier molecular flexibility index (Phi) is 6.40. The highest BCUT2D eigenvalue weighted by atomic mass is 16.5. The van der Waals surface area contributed by atoms with Crippen molar-refractivity contribution < 1.29 is 24.2 Å². The first kappa shape index (κ1) is 27.9. The SMILES string of the molecule is COc1ccc(NC(=O)c2cc3ccc4c5ccccc5[nH]c4c3c(N=Nc3cccc4c3C(=O)c3ccccc3C4=O)c2O)cc1. The Hall–Kier alpha value is -6.61. The van der Waals surface area contributed by atoms with Gasteiger partial charge in [-0.25, -0.2) is 0 Å². The molecule has 0 unspecified atom stereocenters. The number of ketones is 2. The Balaban J connectivity index is 1.32. The number of amides is 1. The fourth-order valence-electron chi connectivity index (χ4n) is 6.24. The molecule has 47 heavy (non-hydrogen) atoms. The molecule has 1 aliphatic rings. The Labute approximate surface area is 267 Å². The third kappa shape index (κ3) is 4.44. The lowest BCUT2D eigenvalue weighted by molar-refractivity contribution is 0.0979. The number of aromatic hydroxyl groups is 1. The Morgan fingerprint density at radius 3 is 2.28 bits per heavy atom. The van der Waals surface area contributed by atoms with Crippen LogP contribution in [0.4, 0.5) is 17.1 Å². The van der Waals surface area contributed by atoms with Crippen molar-refractivity contribution in [3.05, 3.63) is 137 Å². The van der Waals surface area contributed by atoms with Gasteiger partial charge in [0.2, 0.25) is 0 Å². The number of azo groups is 1. The number of benzene rings is 6. The molecule has 0 fully saturated rings. The summed E-state index contributed by atoms with van der Waals surface area (Å²) in [6.07, 6.45) is 0. The maximum absolute atomic E-state index is 13.6. The molecule has 9 nitrogen and oxygen atoms in total. The molecule has 1 amide bonds. The minimum Gasteiger partial charge on any atom is -0.505 e. The minimum absolute atomic E-state index is 0.0204. The molecule has 8 rings (SSSR count). The van der Waals surface area contributed by atoms with E-state index < -0.39 is 11.7 Å². The smallest absolute Gasteiger partial charge is 0.259 e. The second kappa shape index (κ2) is 10.8. The van der Waals surface area contributed by atoms with E-state index in [1.807, 2.05) is 36.4 Å². The molecule has 1 aliphatic carbocycles. The van der Waals surface area contributed by atoms with Crippen LogP contribution < -0.4 is 10.1 Å². The predicted octanol–water partition coefficient (Wildman–Crippen LogP) is 8.63. The van der Waals surface area contributed by atoms with Gasteiger partial charge in [0.05, 0.1) is 29.4 Å². The summed E-state index contributed by atoms with van der Waals surface area (Å²) in [6, 6.07) is 31.6. The molecule has 226 valence electrons. The van der Waals surface area contributed by atoms with Crippen molar-refractivity contribution in [1.82, 2.24) is 4.98 Å². The second-order valence-electron chi connectivity index (χ2n) is 11.2. The number of nitrogens with zero attached hydrogens (tertiary/aromatic N) is 2. The summed E-state index contributed by atoms with van der Waals surface area (Å²) in [7, 11) is 1.55. The number of H-pyrrole nitrogens is 1. The average Bonchev–Trinajstić information content (AvgIpc) is 3.49. The van der Waals surface area contributed by atoms with Crippen molar-refractivity contribution in [3.8, 4) is 11.5 Å². The maximum Gasteiger partial charge on any atom is 0.259 e. The minimum atomic E-state index is -0.558. The van der Waals surface area contributed by atoms with Gasteiger partial charge in [-0.05, 0) is 47.9 Å². The molecule has 1 aromatic heterocycles. The molecular weight excluding hydrogens is 592 g/mol. The molecule has 3 N–H and O–H groups in total. The summed E-state index contributed by atoms with van der Waals surface area (Å²) in [5.41, 5.74) is 3.25. The van der Waals surface area contributed by atoms with E-state index in [-0.39, 0.29) is 45.2 Å². The monoisotopic (exact) mass is 616 g/mol. The standard InChI is InChI=1S/C38H24N4O5/c1-47-22-16-14-21(15-17-22)39-38(46)28-19-20-13-18-24-23-7-4-5-11-29(23)40-33(24)31(20)34(37(28)45)42-41-30-12-6-10-27-32(30)36(44)26-9-3-2-8-25(26)35(27)43/h2-19,40,45H,1H3,(H,39,46). The highest BCUT2D eigenvalue weighted by Crippen LogP contribution is 2.44. The van der Waals surface area contributed by atoms with Gasteiger partial charge in [-0.3, -0.25) is 14.4 Å². The third-order valence-electron chi connectivity index (χ3n) is 8.51. The number of nitrogens with one attached hydrogen (secondary N) is 2. The number of rotatable bonds is 5. The number of ether oxygens (including phenoxy) is 1. The van der Waals surface area contributed by atoms with Crippen molar-refractivity contribution in [2.45, 2.75) is 0 Å². The summed E-state index contributed by atoms with van der Waals surface area (Å²) in [5.74, 6) is -0.941. The lowest BCUT2D eigenvalue weighted by atomic mass is 9.83. The van der Waals surface area contributed by atoms with Crippen molar-refractivity contribution >= 4 is 67.1 Å². The fraction of sp³-hybridized carbons (Fsp3) is 0.0263. The van der Waals surface area contributed by atoms with E-state index in [1.54, 1.807) is 79.9 Å². The van der Waals surface area contributed by atoms with Crippen LogP contribution in [0.15, 0.2) is 119 Å². The highest BCUT2D eigenvalue weighted by molar-refractivity contribution is 6.30. The fourth-order valence-corrected chi connectivity index (χ4v) is 6.24. The van der Waals surface area contributed by atoms with Gasteiger partial charge in [-0.2, -0.15) is 0 Å². The highest BCUT2D eigenvalue weighted by Gasteiger charge is 2.31. The molecule has 6 aromatic carbocycles. The van der Waals surface area contributed by atoms with Gasteiger partial charge in [-0.1, -0.05) is 66.7 Å². The first-order valence-electron chi connectivity index (χ1n) is 14.8. The summed E-state index contributed by atoms with van der Waals surface area (Å²) in [4.78, 5) is 44.0. The van der Waals surface area contributed by atoms with E-state index in [9.17, 15) is 19.5 Å². The molecule has 0 saturated heterocycles. The van der Waals surface area contributed by atoms with Crippen molar-refractivity contribution in [3.63, 3.8) is 0 Å². The van der Waals surface area contributed by atoms with Crippen LogP contribution in [0.5, 0.6) is 11.5 Å². The molecule has 1 heterocycles. The zero-order valence-corrected chi connectivity index (χ0v) is 24.9. The number of para-hydroxylation sites is 1. The van der Waals surface area contributed by atoms with Crippen molar-refractivity contribution in [2.24, 2.45) is 10.2 Å². The van der Waals surface area contributed by atoms with E-state index in [0.717, 1.165) is 16.3 Å². The second-order valence-corrected chi connectivity index (χ2v) is 11.2. The van der Waals surface area contributed by atoms with Crippen LogP contribution in [-0.2, 0) is 0 Å². The van der Waals surface area contributed by atoms with Gasteiger partial charge in [0.1, 0.15) is 11.4 Å². The van der Waals surface area contributed by atoms with Crippen LogP contribution in [0.25, 0.3) is 32.6 Å². The third-order valence-corrected chi connectivity index (χ3v) is 8.51. The molecule has 7 aromatic rings. The summed E-state index contributed by atoms with van der Waals surface area (Å²) < 4.78 is 5.21. The van der Waals surface area contributed by atoms with Crippen LogP contribution in [0, 0.1) is 0 Å². The summed E-state index contributed by atoms with van der Waals surface area (Å²) >= 11 is 0. The van der Waals surface area contributed by atoms with Gasteiger partial charge in [-0.15, -0.1) is 10.2 Å². The van der Waals surface area contributed by atoms with E-state index in [1.165, 1.54) is 0 Å². The molecule has 0 atom stereocenters. The number of methoxy groups -OCH3 is 1. The van der Waals surface area contributed by atoms with Crippen molar-refractivity contribution in [1.29, 1.82) is 0 Å². The first-order chi connectivity index (χ1) is 22.9. The zero-order chi connectivity index (χ0) is 32.2. The quantitative estimate of drug-likeness (QED) is 0.167. The molecule has 0 spiro atoms. The number of hydrogen-bond donors (Lipinski definition) is 3. The van der Waals surface area contributed by atoms with Gasteiger partial charge in [0.15, 0.2) is 17.3 Å². The number of phenolic OH excluding ortho intramolecular Hbond substituents is 1. The zero-order valence-electron chi connectivity index (χ0n) is 24.9. The Morgan fingerprint density at radius 2 is 1.49 bits per heavy atom. The number of aromatic amines is 1. The lowest BCUT2D eigenvalue weighted by Crippen LogP contribution is -2.20. The van der Waals surface area contributed by atoms with Crippen LogP contribution in [0.2, 0.25) is 0 Å². The largest absolute Gasteiger partial charge is 0.505 e. The van der Waals surface area contributed by atoms with E-state index in [2.05, 4.69) is 20.5 Å². The molecule has 9 heteroatoms. The van der Waals surface area contributed by atoms with Crippen LogP contribution in [0.3, 0.4) is 0 Å². The number of fused-ring (bicyclic) bond motifs is 7. The van der Waals surface area contributed by atoms with Gasteiger partial charge in [0, 0.05) is 44.1 Å². The predicted molar refractivity (Wildman–Crippen MR) is 180 cm³/mol. The van der Waals surface area contributed by atoms with Crippen molar-refractivity contribution in [2.75, 3.05) is 12.4 Å². The van der Waals surface area contributed by atoms with Crippen LogP contribution >= 0.6 is 0 Å². The normalized spacial score (nSPS) is 12.5. The Morgan fingerprint density at radius 1 is 0.766 bits per heavy atom. The molecule has 0 bridgehead atoms. The number of carbonyl (C=O) groups excluding carboxylic acids is 3. The van der Waals surface area contributed by atoms with E-state index >= 15 is 0 Å². The first-order valence-corrected chi connectivity index (χ1v) is 14.8. The summed E-state index contributed by atoms with van der Waals surface area (Å²) in [5, 5.41) is 26.6. The number of hydrogen-bond acceptors (Lipinski definition) is 7. The van der Waals surface area contributed by atoms with Gasteiger partial charge >= 0.3 is 0 Å².